The number of nitrogens with one attached hydrogen (secondary N) is 1. The van der Waals surface area contributed by atoms with E-state index in [2.05, 4.69) is 5.32 Å². The predicted octanol–water partition coefficient (Wildman–Crippen LogP) is 3.29. The summed E-state index contributed by atoms with van der Waals surface area (Å²) in [5.74, 6) is -0.327. The second kappa shape index (κ2) is 7.83. The lowest BCUT2D eigenvalue weighted by Crippen LogP contribution is -2.41. The van der Waals surface area contributed by atoms with Gasteiger partial charge in [-0.05, 0) is 17.4 Å². The molecule has 0 heterocycles. The monoisotopic (exact) mass is 347 g/mol. The van der Waals surface area contributed by atoms with Gasteiger partial charge >= 0.3 is 6.09 Å². The van der Waals surface area contributed by atoms with Crippen molar-refractivity contribution in [3.05, 3.63) is 35.9 Å². The number of rotatable bonds is 6. The molecule has 0 spiro atoms. The molecular weight excluding hydrogens is 326 g/mol. The van der Waals surface area contributed by atoms with Crippen molar-refractivity contribution in [3.8, 4) is 0 Å². The van der Waals surface area contributed by atoms with E-state index in [0.29, 0.717) is 6.42 Å². The van der Waals surface area contributed by atoms with Crippen molar-refractivity contribution in [2.24, 2.45) is 5.41 Å². The van der Waals surface area contributed by atoms with E-state index in [9.17, 15) is 13.2 Å². The molecule has 1 rings (SSSR count). The third-order valence-electron chi connectivity index (χ3n) is 2.79. The quantitative estimate of drug-likeness (QED) is 0.801. The molecule has 1 aromatic carbocycles. The van der Waals surface area contributed by atoms with Gasteiger partial charge in [0.1, 0.15) is 6.61 Å². The van der Waals surface area contributed by atoms with E-state index in [-0.39, 0.29) is 17.8 Å². The van der Waals surface area contributed by atoms with Gasteiger partial charge in [0.15, 0.2) is 0 Å². The summed E-state index contributed by atoms with van der Waals surface area (Å²) in [5.41, 5.74) is 0.703. The van der Waals surface area contributed by atoms with Gasteiger partial charge in [-0.15, -0.1) is 0 Å². The second-order valence-corrected chi connectivity index (χ2v) is 9.19. The highest BCUT2D eigenvalue weighted by molar-refractivity contribution is 8.13. The first-order valence-corrected chi connectivity index (χ1v) is 9.42. The third-order valence-corrected chi connectivity index (χ3v) is 3.97. The Kier molecular flexibility index (Phi) is 6.68. The number of alkyl carbamates (subject to hydrolysis) is 1. The average molecular weight is 348 g/mol. The van der Waals surface area contributed by atoms with E-state index in [1.807, 2.05) is 51.1 Å². The Morgan fingerprint density at radius 3 is 2.36 bits per heavy atom. The van der Waals surface area contributed by atoms with E-state index in [1.165, 1.54) is 0 Å². The maximum absolute atomic E-state index is 11.8. The number of carbonyl (C=O) groups excluding carboxylic acids is 1. The molecule has 22 heavy (non-hydrogen) atoms. The first-order chi connectivity index (χ1) is 10.1. The van der Waals surface area contributed by atoms with Crippen LogP contribution in [0.3, 0.4) is 0 Å². The van der Waals surface area contributed by atoms with Crippen LogP contribution < -0.4 is 5.32 Å². The molecular formula is C15H22ClNO4S. The van der Waals surface area contributed by atoms with Crippen molar-refractivity contribution in [2.75, 3.05) is 5.75 Å². The van der Waals surface area contributed by atoms with Gasteiger partial charge in [-0.3, -0.25) is 0 Å². The van der Waals surface area contributed by atoms with Crippen molar-refractivity contribution in [1.82, 2.24) is 5.32 Å². The van der Waals surface area contributed by atoms with Gasteiger partial charge in [-0.1, -0.05) is 51.1 Å². The first kappa shape index (κ1) is 18.8. The highest BCUT2D eigenvalue weighted by atomic mass is 35.7. The average Bonchev–Trinajstić information content (AvgIpc) is 2.33. The van der Waals surface area contributed by atoms with Gasteiger partial charge < -0.3 is 10.1 Å². The lowest BCUT2D eigenvalue weighted by atomic mass is 9.89. The van der Waals surface area contributed by atoms with Crippen molar-refractivity contribution in [3.63, 3.8) is 0 Å². The summed E-state index contributed by atoms with van der Waals surface area (Å²) in [6.45, 7) is 6.00. The molecule has 124 valence electrons. The minimum atomic E-state index is -3.71. The zero-order valence-electron chi connectivity index (χ0n) is 13.0. The number of hydrogen-bond acceptors (Lipinski definition) is 4. The minimum Gasteiger partial charge on any atom is -0.445 e. The fourth-order valence-corrected chi connectivity index (χ4v) is 3.20. The van der Waals surface area contributed by atoms with E-state index >= 15 is 0 Å². The topological polar surface area (TPSA) is 72.5 Å². The highest BCUT2D eigenvalue weighted by Crippen LogP contribution is 2.22. The van der Waals surface area contributed by atoms with Crippen LogP contribution in [0.25, 0.3) is 0 Å². The molecule has 0 aliphatic heterocycles. The molecule has 0 saturated heterocycles. The van der Waals surface area contributed by atoms with E-state index in [4.69, 9.17) is 15.4 Å². The molecule has 0 aliphatic rings. The van der Waals surface area contributed by atoms with Crippen LogP contribution in [0.15, 0.2) is 30.3 Å². The maximum atomic E-state index is 11.8. The minimum absolute atomic E-state index is 0.128. The van der Waals surface area contributed by atoms with Gasteiger partial charge in [0, 0.05) is 16.7 Å². The predicted molar refractivity (Wildman–Crippen MR) is 87.3 cm³/mol. The zero-order valence-corrected chi connectivity index (χ0v) is 14.6. The Balaban J connectivity index is 2.58. The van der Waals surface area contributed by atoms with Crippen molar-refractivity contribution < 1.29 is 17.9 Å². The number of ether oxygens (including phenoxy) is 1. The van der Waals surface area contributed by atoms with Gasteiger partial charge in [0.2, 0.25) is 9.05 Å². The Morgan fingerprint density at radius 2 is 1.86 bits per heavy atom. The summed E-state index contributed by atoms with van der Waals surface area (Å²) in [6.07, 6.45) is -0.183. The molecule has 0 fully saturated rings. The molecule has 0 aliphatic carbocycles. The molecule has 1 aromatic rings. The van der Waals surface area contributed by atoms with Crippen LogP contribution in [0, 0.1) is 5.41 Å². The number of carbonyl (C=O) groups is 1. The standard InChI is InChI=1S/C15H22ClNO4S/c1-15(2,3)9-13(11-22(16,19)20)17-14(18)21-10-12-7-5-4-6-8-12/h4-8,13H,9-11H2,1-3H3,(H,17,18). The van der Waals surface area contributed by atoms with Gasteiger partial charge in [-0.2, -0.15) is 0 Å². The fraction of sp³-hybridized carbons (Fsp3) is 0.533. The van der Waals surface area contributed by atoms with Gasteiger partial charge in [0.05, 0.1) is 5.75 Å². The largest absolute Gasteiger partial charge is 0.445 e. The molecule has 1 N–H and O–H groups in total. The van der Waals surface area contributed by atoms with E-state index < -0.39 is 21.2 Å². The smallest absolute Gasteiger partial charge is 0.407 e. The molecule has 0 aromatic heterocycles. The molecule has 0 saturated carbocycles. The molecule has 1 unspecified atom stereocenters. The third kappa shape index (κ3) is 8.89. The molecule has 0 bridgehead atoms. The summed E-state index contributed by atoms with van der Waals surface area (Å²) in [7, 11) is 1.59. The zero-order chi connectivity index (χ0) is 16.8. The van der Waals surface area contributed by atoms with Crippen LogP contribution in [-0.2, 0) is 20.4 Å². The van der Waals surface area contributed by atoms with Crippen molar-refractivity contribution >= 4 is 25.8 Å². The number of benzene rings is 1. The van der Waals surface area contributed by atoms with Gasteiger partial charge in [-0.25, -0.2) is 13.2 Å². The lowest BCUT2D eigenvalue weighted by Gasteiger charge is -2.25. The lowest BCUT2D eigenvalue weighted by molar-refractivity contribution is 0.134. The van der Waals surface area contributed by atoms with Crippen LogP contribution in [0.1, 0.15) is 32.8 Å². The fourth-order valence-electron chi connectivity index (χ4n) is 2.06. The van der Waals surface area contributed by atoms with Gasteiger partial charge in [0.25, 0.3) is 0 Å². The number of halogens is 1. The highest BCUT2D eigenvalue weighted by Gasteiger charge is 2.25. The van der Waals surface area contributed by atoms with Crippen LogP contribution in [0.4, 0.5) is 4.79 Å². The Hall–Kier alpha value is -1.27. The summed E-state index contributed by atoms with van der Waals surface area (Å²) < 4.78 is 27.6. The van der Waals surface area contributed by atoms with Crippen LogP contribution in [0.2, 0.25) is 0 Å². The SMILES string of the molecule is CC(C)(C)CC(CS(=O)(=O)Cl)NC(=O)OCc1ccccc1. The van der Waals surface area contributed by atoms with E-state index in [0.717, 1.165) is 5.56 Å². The van der Waals surface area contributed by atoms with Crippen LogP contribution >= 0.6 is 10.7 Å². The summed E-state index contributed by atoms with van der Waals surface area (Å²) >= 11 is 0. The summed E-state index contributed by atoms with van der Waals surface area (Å²) in [4.78, 5) is 11.8. The first-order valence-electron chi connectivity index (χ1n) is 6.95. The molecule has 0 radical (unpaired) electrons. The van der Waals surface area contributed by atoms with Crippen LogP contribution in [0.5, 0.6) is 0 Å². The Labute approximate surface area is 136 Å². The summed E-state index contributed by atoms with van der Waals surface area (Å²) in [6, 6.07) is 8.64. The van der Waals surface area contributed by atoms with Crippen molar-refractivity contribution in [2.45, 2.75) is 39.8 Å². The summed E-state index contributed by atoms with van der Waals surface area (Å²) in [5, 5.41) is 2.58. The maximum Gasteiger partial charge on any atom is 0.407 e. The van der Waals surface area contributed by atoms with Crippen molar-refractivity contribution in [1.29, 1.82) is 0 Å². The number of hydrogen-bond donors (Lipinski definition) is 1. The molecule has 5 nitrogen and oxygen atoms in total. The Bertz CT molecular complexity index is 581. The Morgan fingerprint density at radius 1 is 1.27 bits per heavy atom. The van der Waals surface area contributed by atoms with E-state index in [1.54, 1.807) is 0 Å². The number of amides is 1. The second-order valence-electron chi connectivity index (χ2n) is 6.37. The molecule has 7 heteroatoms. The molecule has 1 atom stereocenters. The van der Waals surface area contributed by atoms with Crippen LogP contribution in [-0.4, -0.2) is 26.3 Å². The normalized spacial score (nSPS) is 13.5. The molecule has 1 amide bonds.